The zero-order valence-corrected chi connectivity index (χ0v) is 9.97. The van der Waals surface area contributed by atoms with Crippen molar-refractivity contribution >= 4 is 0 Å². The third-order valence-corrected chi connectivity index (χ3v) is 2.67. The molecule has 0 saturated carbocycles. The van der Waals surface area contributed by atoms with Crippen molar-refractivity contribution in [2.45, 2.75) is 32.2 Å². The van der Waals surface area contributed by atoms with Gasteiger partial charge in [-0.1, -0.05) is 11.6 Å². The molecule has 1 unspecified atom stereocenters. The summed E-state index contributed by atoms with van der Waals surface area (Å²) in [7, 11) is 0. The van der Waals surface area contributed by atoms with E-state index in [0.29, 0.717) is 6.42 Å². The Morgan fingerprint density at radius 1 is 1.41 bits per heavy atom. The minimum atomic E-state index is -0.527. The molecule has 0 radical (unpaired) electrons. The molecule has 2 nitrogen and oxygen atoms in total. The smallest absolute Gasteiger partial charge is 0.129 e. The van der Waals surface area contributed by atoms with Crippen LogP contribution < -0.4 is 11.3 Å². The molecule has 1 rings (SSSR count). The number of hydrogen-bond acceptors (Lipinski definition) is 2. The summed E-state index contributed by atoms with van der Waals surface area (Å²) in [6.45, 7) is 5.70. The van der Waals surface area contributed by atoms with Gasteiger partial charge in [-0.2, -0.15) is 0 Å². The molecule has 3 N–H and O–H groups in total. The van der Waals surface area contributed by atoms with Crippen LogP contribution in [0.4, 0.5) is 8.78 Å². The molecule has 1 atom stereocenters. The summed E-state index contributed by atoms with van der Waals surface area (Å²) >= 11 is 0. The summed E-state index contributed by atoms with van der Waals surface area (Å²) in [5, 5.41) is 0. The molecule has 0 heterocycles. The van der Waals surface area contributed by atoms with Gasteiger partial charge in [0.2, 0.25) is 0 Å². The average molecular weight is 240 g/mol. The maximum Gasteiger partial charge on any atom is 0.129 e. The van der Waals surface area contributed by atoms with E-state index in [0.717, 1.165) is 12.0 Å². The van der Waals surface area contributed by atoms with E-state index in [-0.39, 0.29) is 18.0 Å². The van der Waals surface area contributed by atoms with Crippen LogP contribution in [0.1, 0.15) is 25.3 Å². The Balaban J connectivity index is 2.70. The van der Waals surface area contributed by atoms with Gasteiger partial charge in [0.15, 0.2) is 0 Å². The number of allylic oxidation sites excluding steroid dienone is 1. The van der Waals surface area contributed by atoms with E-state index in [1.165, 1.54) is 18.2 Å². The lowest BCUT2D eigenvalue weighted by molar-refractivity contribution is 0.464. The van der Waals surface area contributed by atoms with Crippen LogP contribution in [-0.2, 0) is 6.42 Å². The number of halogens is 2. The highest BCUT2D eigenvalue weighted by atomic mass is 19.1. The van der Waals surface area contributed by atoms with E-state index in [1.807, 2.05) is 6.92 Å². The van der Waals surface area contributed by atoms with Gasteiger partial charge < -0.3 is 0 Å². The van der Waals surface area contributed by atoms with Crippen LogP contribution in [0.2, 0.25) is 0 Å². The normalized spacial score (nSPS) is 12.5. The lowest BCUT2D eigenvalue weighted by atomic mass is 10.00. The molecule has 94 valence electrons. The lowest BCUT2D eigenvalue weighted by Gasteiger charge is -2.16. The van der Waals surface area contributed by atoms with Crippen LogP contribution in [0, 0.1) is 11.6 Å². The van der Waals surface area contributed by atoms with E-state index in [9.17, 15) is 8.78 Å². The third kappa shape index (κ3) is 4.24. The Morgan fingerprint density at radius 3 is 2.47 bits per heavy atom. The largest absolute Gasteiger partial charge is 0.271 e. The number of nitrogens with two attached hydrogens (primary N) is 1. The summed E-state index contributed by atoms with van der Waals surface area (Å²) in [5.74, 6) is 4.33. The Labute approximate surface area is 100 Å². The topological polar surface area (TPSA) is 38.0 Å². The second-order valence-electron chi connectivity index (χ2n) is 4.26. The fraction of sp³-hybridized carbons (Fsp3) is 0.385. The average Bonchev–Trinajstić information content (AvgIpc) is 2.27. The Kier molecular flexibility index (Phi) is 5.25. The first kappa shape index (κ1) is 13.8. The number of hydrogen-bond donors (Lipinski definition) is 2. The monoisotopic (exact) mass is 240 g/mol. The number of rotatable bonds is 6. The highest BCUT2D eigenvalue weighted by molar-refractivity contribution is 5.20. The minimum absolute atomic E-state index is 0.0807. The van der Waals surface area contributed by atoms with Crippen molar-refractivity contribution in [3.05, 3.63) is 47.5 Å². The molecule has 0 aliphatic rings. The number of nitrogens with one attached hydrogen (secondary N) is 1. The zero-order valence-electron chi connectivity index (χ0n) is 9.97. The van der Waals surface area contributed by atoms with Gasteiger partial charge in [0.1, 0.15) is 11.6 Å². The van der Waals surface area contributed by atoms with Gasteiger partial charge in [-0.3, -0.25) is 11.3 Å². The quantitative estimate of drug-likeness (QED) is 0.456. The van der Waals surface area contributed by atoms with Crippen LogP contribution >= 0.6 is 0 Å². The molecule has 0 saturated heterocycles. The van der Waals surface area contributed by atoms with Crippen molar-refractivity contribution in [1.82, 2.24) is 5.43 Å². The SMILES string of the molecule is C=C(C)CCC(Cc1c(F)cccc1F)NN. The molecule has 0 fully saturated rings. The lowest BCUT2D eigenvalue weighted by Crippen LogP contribution is -2.37. The van der Waals surface area contributed by atoms with Gasteiger partial charge in [-0.25, -0.2) is 8.78 Å². The molecule has 0 amide bonds. The third-order valence-electron chi connectivity index (χ3n) is 2.67. The first-order valence-electron chi connectivity index (χ1n) is 5.58. The van der Waals surface area contributed by atoms with E-state index >= 15 is 0 Å². The Bertz CT molecular complexity index is 371. The van der Waals surface area contributed by atoms with Gasteiger partial charge in [-0.05, 0) is 38.3 Å². The van der Waals surface area contributed by atoms with Gasteiger partial charge in [0, 0.05) is 11.6 Å². The van der Waals surface area contributed by atoms with Gasteiger partial charge in [-0.15, -0.1) is 6.58 Å². The first-order valence-corrected chi connectivity index (χ1v) is 5.58. The molecular formula is C13H18F2N2. The molecule has 0 aliphatic heterocycles. The van der Waals surface area contributed by atoms with Crippen LogP contribution in [0.15, 0.2) is 30.4 Å². The van der Waals surface area contributed by atoms with E-state index in [2.05, 4.69) is 12.0 Å². The molecule has 0 aliphatic carbocycles. The maximum atomic E-state index is 13.4. The fourth-order valence-corrected chi connectivity index (χ4v) is 1.64. The van der Waals surface area contributed by atoms with Gasteiger partial charge in [0.25, 0.3) is 0 Å². The van der Waals surface area contributed by atoms with Crippen LogP contribution in [-0.4, -0.2) is 6.04 Å². The summed E-state index contributed by atoms with van der Waals surface area (Å²) in [5.41, 5.74) is 3.69. The second-order valence-corrected chi connectivity index (χ2v) is 4.26. The highest BCUT2D eigenvalue weighted by Crippen LogP contribution is 2.16. The molecule has 4 heteroatoms. The maximum absolute atomic E-state index is 13.4. The second kappa shape index (κ2) is 6.47. The van der Waals surface area contributed by atoms with Crippen LogP contribution in [0.25, 0.3) is 0 Å². The molecule has 0 aromatic heterocycles. The Hall–Kier alpha value is -1.26. The standard InChI is InChI=1S/C13H18F2N2/c1-9(2)6-7-10(17-16)8-11-12(14)4-3-5-13(11)15/h3-5,10,17H,1,6-8,16H2,2H3. The van der Waals surface area contributed by atoms with Gasteiger partial charge in [0.05, 0.1) is 0 Å². The van der Waals surface area contributed by atoms with E-state index < -0.39 is 11.6 Å². The molecule has 17 heavy (non-hydrogen) atoms. The minimum Gasteiger partial charge on any atom is -0.271 e. The molecule has 0 bridgehead atoms. The van der Waals surface area contributed by atoms with Crippen LogP contribution in [0.5, 0.6) is 0 Å². The number of hydrazine groups is 1. The predicted octanol–water partition coefficient (Wildman–Crippen LogP) is 2.70. The van der Waals surface area contributed by atoms with E-state index in [4.69, 9.17) is 5.84 Å². The summed E-state index contributed by atoms with van der Waals surface area (Å²) in [6, 6.07) is 3.71. The van der Waals surface area contributed by atoms with Crippen molar-refractivity contribution < 1.29 is 8.78 Å². The summed E-state index contributed by atoms with van der Waals surface area (Å²) in [4.78, 5) is 0. The predicted molar refractivity (Wildman–Crippen MR) is 65.2 cm³/mol. The molecule has 0 spiro atoms. The number of benzene rings is 1. The van der Waals surface area contributed by atoms with Crippen molar-refractivity contribution in [3.8, 4) is 0 Å². The summed E-state index contributed by atoms with van der Waals surface area (Å²) in [6.07, 6.45) is 1.73. The fourth-order valence-electron chi connectivity index (χ4n) is 1.64. The summed E-state index contributed by atoms with van der Waals surface area (Å²) < 4.78 is 26.8. The van der Waals surface area contributed by atoms with Crippen molar-refractivity contribution in [2.24, 2.45) is 5.84 Å². The highest BCUT2D eigenvalue weighted by Gasteiger charge is 2.14. The van der Waals surface area contributed by atoms with Crippen molar-refractivity contribution in [2.75, 3.05) is 0 Å². The van der Waals surface area contributed by atoms with Crippen LogP contribution in [0.3, 0.4) is 0 Å². The van der Waals surface area contributed by atoms with Crippen molar-refractivity contribution in [1.29, 1.82) is 0 Å². The molecule has 1 aromatic carbocycles. The molecular weight excluding hydrogens is 222 g/mol. The van der Waals surface area contributed by atoms with Gasteiger partial charge >= 0.3 is 0 Å². The molecule has 1 aromatic rings. The van der Waals surface area contributed by atoms with Crippen molar-refractivity contribution in [3.63, 3.8) is 0 Å². The zero-order chi connectivity index (χ0) is 12.8. The first-order chi connectivity index (χ1) is 8.04. The van der Waals surface area contributed by atoms with E-state index in [1.54, 1.807) is 0 Å². The Morgan fingerprint density at radius 2 is 2.00 bits per heavy atom.